The van der Waals surface area contributed by atoms with Crippen molar-refractivity contribution in [3.63, 3.8) is 0 Å². The predicted octanol–water partition coefficient (Wildman–Crippen LogP) is 2.60. The van der Waals surface area contributed by atoms with Crippen LogP contribution in [0.5, 0.6) is 0 Å². The minimum Gasteiger partial charge on any atom is -0.378 e. The molecule has 98 valence electrons. The van der Waals surface area contributed by atoms with Crippen LogP contribution < -0.4 is 5.32 Å². The smallest absolute Gasteiger partial charge is 0.253 e. The zero-order valence-electron chi connectivity index (χ0n) is 10.8. The van der Waals surface area contributed by atoms with E-state index >= 15 is 0 Å². The first-order valence-electron chi connectivity index (χ1n) is 6.27. The van der Waals surface area contributed by atoms with Crippen LogP contribution in [0.25, 0.3) is 0 Å². The first-order valence-corrected chi connectivity index (χ1v) is 6.27. The van der Waals surface area contributed by atoms with Gasteiger partial charge in [0.1, 0.15) is 0 Å². The number of rotatable bonds is 4. The maximum atomic E-state index is 12.0. The molecule has 0 spiro atoms. The summed E-state index contributed by atoms with van der Waals surface area (Å²) < 4.78 is 0. The van der Waals surface area contributed by atoms with Gasteiger partial charge in [0.2, 0.25) is 0 Å². The molecule has 0 aliphatic carbocycles. The zero-order valence-corrected chi connectivity index (χ0v) is 10.8. The van der Waals surface area contributed by atoms with Gasteiger partial charge in [-0.15, -0.1) is 0 Å². The number of nitrogens with one attached hydrogen (secondary N) is 1. The number of hydrogen-bond acceptors (Lipinski definition) is 2. The number of aliphatic hydroxyl groups is 1. The van der Waals surface area contributed by atoms with E-state index in [1.165, 1.54) is 0 Å². The molecular weight excluding hydrogens is 238 g/mol. The average Bonchev–Trinajstić information content (AvgIpc) is 2.48. The molecular formula is C16H17NO2. The van der Waals surface area contributed by atoms with Crippen LogP contribution in [0.4, 0.5) is 0 Å². The minimum absolute atomic E-state index is 0.132. The van der Waals surface area contributed by atoms with Crippen LogP contribution >= 0.6 is 0 Å². The molecule has 0 heterocycles. The van der Waals surface area contributed by atoms with Crippen LogP contribution in [0, 0.1) is 0 Å². The Morgan fingerprint density at radius 1 is 0.947 bits per heavy atom. The van der Waals surface area contributed by atoms with Crippen molar-refractivity contribution in [1.82, 2.24) is 5.32 Å². The van der Waals surface area contributed by atoms with Crippen molar-refractivity contribution in [3.05, 3.63) is 71.8 Å². The Labute approximate surface area is 112 Å². The Bertz CT molecular complexity index is 525. The molecule has 0 radical (unpaired) electrons. The maximum Gasteiger partial charge on any atom is 0.253 e. The third-order valence-corrected chi connectivity index (χ3v) is 3.02. The third kappa shape index (κ3) is 3.42. The largest absolute Gasteiger partial charge is 0.378 e. The van der Waals surface area contributed by atoms with Gasteiger partial charge in [0.15, 0.2) is 6.10 Å². The zero-order chi connectivity index (χ0) is 13.7. The third-order valence-electron chi connectivity index (χ3n) is 3.02. The molecule has 0 aliphatic rings. The summed E-state index contributed by atoms with van der Waals surface area (Å²) in [5.74, 6) is -0.387. The van der Waals surface area contributed by atoms with Crippen LogP contribution in [0.3, 0.4) is 0 Å². The molecule has 0 saturated carbocycles. The molecule has 3 nitrogen and oxygen atoms in total. The molecule has 0 bridgehead atoms. The van der Waals surface area contributed by atoms with Crippen LogP contribution in [0.1, 0.15) is 30.2 Å². The fourth-order valence-corrected chi connectivity index (χ4v) is 1.90. The van der Waals surface area contributed by atoms with Crippen molar-refractivity contribution >= 4 is 5.91 Å². The summed E-state index contributed by atoms with van der Waals surface area (Å²) in [6.45, 7) is 1.89. The van der Waals surface area contributed by atoms with Crippen molar-refractivity contribution in [2.24, 2.45) is 0 Å². The molecule has 2 aromatic carbocycles. The van der Waals surface area contributed by atoms with Crippen molar-refractivity contribution in [2.75, 3.05) is 0 Å². The van der Waals surface area contributed by atoms with E-state index in [1.54, 1.807) is 24.3 Å². The second-order valence-corrected chi connectivity index (χ2v) is 4.45. The van der Waals surface area contributed by atoms with Gasteiger partial charge in [-0.2, -0.15) is 0 Å². The second-order valence-electron chi connectivity index (χ2n) is 4.45. The highest BCUT2D eigenvalue weighted by molar-refractivity contribution is 5.82. The number of carbonyl (C=O) groups is 1. The average molecular weight is 255 g/mol. The van der Waals surface area contributed by atoms with E-state index in [4.69, 9.17) is 0 Å². The van der Waals surface area contributed by atoms with Gasteiger partial charge >= 0.3 is 0 Å². The molecule has 0 fully saturated rings. The van der Waals surface area contributed by atoms with E-state index in [-0.39, 0.29) is 11.9 Å². The van der Waals surface area contributed by atoms with Crippen molar-refractivity contribution in [1.29, 1.82) is 0 Å². The molecule has 0 aromatic heterocycles. The normalized spacial score (nSPS) is 13.6. The van der Waals surface area contributed by atoms with Gasteiger partial charge in [-0.1, -0.05) is 60.7 Å². The van der Waals surface area contributed by atoms with Crippen molar-refractivity contribution in [3.8, 4) is 0 Å². The quantitative estimate of drug-likeness (QED) is 0.882. The number of benzene rings is 2. The SMILES string of the molecule is C[C@@H](NC(=O)[C@@H](O)c1ccccc1)c1ccccc1. The topological polar surface area (TPSA) is 49.3 Å². The van der Waals surface area contributed by atoms with E-state index in [2.05, 4.69) is 5.32 Å². The van der Waals surface area contributed by atoms with Crippen molar-refractivity contribution < 1.29 is 9.90 Å². The summed E-state index contributed by atoms with van der Waals surface area (Å²) in [5, 5.41) is 12.8. The first kappa shape index (κ1) is 13.3. The van der Waals surface area contributed by atoms with E-state index < -0.39 is 6.10 Å². The summed E-state index contributed by atoms with van der Waals surface area (Å²) in [4.78, 5) is 12.0. The molecule has 2 atom stereocenters. The Balaban J connectivity index is 2.02. The Kier molecular flexibility index (Phi) is 4.31. The maximum absolute atomic E-state index is 12.0. The summed E-state index contributed by atoms with van der Waals surface area (Å²) >= 11 is 0. The number of aliphatic hydroxyl groups excluding tert-OH is 1. The van der Waals surface area contributed by atoms with Crippen LogP contribution in [0.2, 0.25) is 0 Å². The van der Waals surface area contributed by atoms with Gasteiger partial charge in [0, 0.05) is 0 Å². The molecule has 3 heteroatoms. The van der Waals surface area contributed by atoms with Crippen LogP contribution in [-0.2, 0) is 4.79 Å². The fourth-order valence-electron chi connectivity index (χ4n) is 1.90. The summed E-state index contributed by atoms with van der Waals surface area (Å²) in [6, 6.07) is 18.4. The van der Waals surface area contributed by atoms with Gasteiger partial charge in [-0.05, 0) is 18.1 Å². The monoisotopic (exact) mass is 255 g/mol. The van der Waals surface area contributed by atoms with Crippen LogP contribution in [-0.4, -0.2) is 11.0 Å². The summed E-state index contributed by atoms with van der Waals surface area (Å²) in [5.41, 5.74) is 1.61. The minimum atomic E-state index is -1.13. The molecule has 0 saturated heterocycles. The molecule has 2 N–H and O–H groups in total. The first-order chi connectivity index (χ1) is 9.18. The highest BCUT2D eigenvalue weighted by atomic mass is 16.3. The lowest BCUT2D eigenvalue weighted by Crippen LogP contribution is -2.31. The molecule has 2 rings (SSSR count). The lowest BCUT2D eigenvalue weighted by Gasteiger charge is -2.17. The molecule has 0 aliphatic heterocycles. The second kappa shape index (κ2) is 6.16. The molecule has 1 amide bonds. The van der Waals surface area contributed by atoms with Gasteiger partial charge in [0.25, 0.3) is 5.91 Å². The van der Waals surface area contributed by atoms with Gasteiger partial charge in [-0.3, -0.25) is 4.79 Å². The number of carbonyl (C=O) groups excluding carboxylic acids is 1. The lowest BCUT2D eigenvalue weighted by atomic mass is 10.1. The Hall–Kier alpha value is -2.13. The van der Waals surface area contributed by atoms with Gasteiger partial charge in [0.05, 0.1) is 6.04 Å². The van der Waals surface area contributed by atoms with Crippen LogP contribution in [0.15, 0.2) is 60.7 Å². The van der Waals surface area contributed by atoms with E-state index in [0.29, 0.717) is 5.56 Å². The molecule has 2 aromatic rings. The Morgan fingerprint density at radius 2 is 1.42 bits per heavy atom. The number of amides is 1. The standard InChI is InChI=1S/C16H17NO2/c1-12(13-8-4-2-5-9-13)17-16(19)15(18)14-10-6-3-7-11-14/h2-12,15,18H,1H3,(H,17,19)/t12-,15+/m1/s1. The predicted molar refractivity (Wildman–Crippen MR) is 74.4 cm³/mol. The van der Waals surface area contributed by atoms with Crippen molar-refractivity contribution in [2.45, 2.75) is 19.1 Å². The fraction of sp³-hybridized carbons (Fsp3) is 0.188. The van der Waals surface area contributed by atoms with E-state index in [0.717, 1.165) is 5.56 Å². The van der Waals surface area contributed by atoms with E-state index in [9.17, 15) is 9.90 Å². The van der Waals surface area contributed by atoms with E-state index in [1.807, 2.05) is 43.3 Å². The Morgan fingerprint density at radius 3 is 1.95 bits per heavy atom. The van der Waals surface area contributed by atoms with Gasteiger partial charge < -0.3 is 10.4 Å². The lowest BCUT2D eigenvalue weighted by molar-refractivity contribution is -0.130. The summed E-state index contributed by atoms with van der Waals surface area (Å²) in [6.07, 6.45) is -1.13. The highest BCUT2D eigenvalue weighted by Crippen LogP contribution is 2.16. The molecule has 0 unspecified atom stereocenters. The highest BCUT2D eigenvalue weighted by Gasteiger charge is 2.19. The number of hydrogen-bond donors (Lipinski definition) is 2. The molecule has 19 heavy (non-hydrogen) atoms. The van der Waals surface area contributed by atoms with Gasteiger partial charge in [-0.25, -0.2) is 0 Å². The summed E-state index contributed by atoms with van der Waals surface area (Å²) in [7, 11) is 0.